The Morgan fingerprint density at radius 1 is 0.414 bits per heavy atom. The average Bonchev–Trinajstić information content (AvgIpc) is 1.60. The van der Waals surface area contributed by atoms with Gasteiger partial charge >= 0.3 is 11.5 Å². The van der Waals surface area contributed by atoms with E-state index in [4.69, 9.17) is 0 Å². The predicted molar refractivity (Wildman–Crippen MR) is 429 cm³/mol. The number of aromatic nitrogens is 1. The first-order chi connectivity index (χ1) is 48.2. The lowest BCUT2D eigenvalue weighted by atomic mass is 9.99. The monoisotopic (exact) mass is 1450 g/mol. The SMILES string of the molecule is CCCCCCCCCCCCc1cc(-c2sc(-c3sc(-c4sc(C=C(C(=O)O)S(=O)(=O)C(F)(F)F)cc4CCCCCCCCCCCC)cc3CCCCCCCCCCCC)cc2CCCCCCCCCCCC)sc1-c1ccc2c(c1)c1ccc3ccccc3c1n2CC. The third kappa shape index (κ3) is 23.7. The number of benzene rings is 3. The van der Waals surface area contributed by atoms with Gasteiger partial charge in [0.15, 0.2) is 4.91 Å². The largest absolute Gasteiger partial charge is 0.502 e. The molecular weight excluding hydrogens is 1330 g/mol. The Hall–Kier alpha value is -4.53. The number of carbonyl (C=O) groups is 1. The van der Waals surface area contributed by atoms with Crippen LogP contribution in [0.25, 0.3) is 78.4 Å². The van der Waals surface area contributed by atoms with Gasteiger partial charge in [-0.1, -0.05) is 301 Å². The number of hydrogen-bond donors (Lipinski definition) is 1. The second kappa shape index (κ2) is 42.9. The van der Waals surface area contributed by atoms with Crippen molar-refractivity contribution in [3.63, 3.8) is 0 Å². The van der Waals surface area contributed by atoms with Gasteiger partial charge in [-0.2, -0.15) is 13.2 Å². The van der Waals surface area contributed by atoms with E-state index < -0.39 is 26.2 Å². The minimum atomic E-state index is -6.13. The van der Waals surface area contributed by atoms with Crippen molar-refractivity contribution >= 4 is 99.8 Å². The molecule has 5 nitrogen and oxygen atoms in total. The fraction of sp³-hybridized carbons (Fsp3) is 0.593. The van der Waals surface area contributed by atoms with Crippen LogP contribution in [0.15, 0.2) is 83.8 Å². The van der Waals surface area contributed by atoms with Crippen LogP contribution in [0.2, 0.25) is 0 Å². The molecule has 0 atom stereocenters. The molecule has 0 fully saturated rings. The van der Waals surface area contributed by atoms with Crippen LogP contribution in [0.5, 0.6) is 0 Å². The fourth-order valence-corrected chi connectivity index (χ4v) is 20.8. The van der Waals surface area contributed by atoms with Crippen LogP contribution in [0.4, 0.5) is 13.2 Å². The molecule has 544 valence electrons. The van der Waals surface area contributed by atoms with Gasteiger partial charge in [0.2, 0.25) is 0 Å². The summed E-state index contributed by atoms with van der Waals surface area (Å²) in [7, 11) is -6.13. The molecule has 13 heteroatoms. The third-order valence-electron chi connectivity index (χ3n) is 20.5. The number of carboxylic acid groups (broad SMARTS) is 1. The van der Waals surface area contributed by atoms with Crippen LogP contribution < -0.4 is 0 Å². The van der Waals surface area contributed by atoms with E-state index in [0.29, 0.717) is 6.42 Å². The molecule has 8 rings (SSSR count). The highest BCUT2D eigenvalue weighted by Crippen LogP contribution is 2.51. The molecule has 99 heavy (non-hydrogen) atoms. The van der Waals surface area contributed by atoms with E-state index >= 15 is 0 Å². The van der Waals surface area contributed by atoms with Gasteiger partial charge in [-0.3, -0.25) is 0 Å². The minimum Gasteiger partial charge on any atom is -0.477 e. The highest BCUT2D eigenvalue weighted by Gasteiger charge is 2.50. The lowest BCUT2D eigenvalue weighted by molar-refractivity contribution is -0.132. The van der Waals surface area contributed by atoms with Crippen LogP contribution in [0.1, 0.15) is 319 Å². The Kier molecular flexibility index (Phi) is 34.7. The standard InChI is InChI=1S/C86H120F3NO4S5/c1-6-11-15-19-23-27-31-35-39-43-50-66-59-71(64-79(85(91)92)99(93,94)86(87,88)89)95-82(66)76-62-68(52-45-41-37-33-29-25-21-17-13-8-3)84(97-76)78-63-69(53-46-42-38-34-30-26-22-18-14-9-4)83(98-78)77-61-67(51-44-40-36-32-28-24-20-16-12-7-2)81(96-77)70-56-58-75-74(60-70)73-57-55-65-49-47-48-54-72(65)80(73)90(75)10-5/h47-49,54-64H,6-46,50-53H2,1-5H3,(H,91,92). The van der Waals surface area contributed by atoms with Crippen molar-refractivity contribution in [2.75, 3.05) is 0 Å². The van der Waals surface area contributed by atoms with Crippen molar-refractivity contribution in [1.29, 1.82) is 0 Å². The summed E-state index contributed by atoms with van der Waals surface area (Å²) in [6, 6.07) is 29.8. The molecule has 0 amide bonds. The zero-order valence-corrected chi connectivity index (χ0v) is 65.3. The van der Waals surface area contributed by atoms with Crippen LogP contribution in [0, 0.1) is 0 Å². The number of aliphatic carboxylic acids is 1. The third-order valence-corrected chi connectivity index (χ3v) is 27.3. The number of nitrogens with zero attached hydrogens (tertiary/aromatic N) is 1. The summed E-state index contributed by atoms with van der Waals surface area (Å²) in [4.78, 5) is 19.5. The molecule has 5 aromatic heterocycles. The first kappa shape index (κ1) is 80.2. The summed E-state index contributed by atoms with van der Waals surface area (Å²) in [5.74, 6) is -2.11. The molecule has 0 radical (unpaired) electrons. The molecule has 5 heterocycles. The number of halogens is 3. The predicted octanol–water partition coefficient (Wildman–Crippen LogP) is 30.1. The molecular formula is C86H120F3NO4S5. The molecule has 0 aliphatic heterocycles. The Labute approximate surface area is 611 Å². The molecule has 0 spiro atoms. The molecule has 3 aromatic carbocycles. The first-order valence-electron chi connectivity index (χ1n) is 39.4. The summed E-state index contributed by atoms with van der Waals surface area (Å²) in [5.41, 5.74) is 3.14. The maximum atomic E-state index is 14.1. The lowest BCUT2D eigenvalue weighted by Gasteiger charge is -2.07. The van der Waals surface area contributed by atoms with Gasteiger partial charge in [-0.25, -0.2) is 13.2 Å². The number of hydrogen-bond acceptors (Lipinski definition) is 7. The molecule has 0 bridgehead atoms. The fourth-order valence-electron chi connectivity index (χ4n) is 14.8. The van der Waals surface area contributed by atoms with E-state index in [1.165, 1.54) is 296 Å². The highest BCUT2D eigenvalue weighted by atomic mass is 32.2. The molecule has 0 saturated carbocycles. The van der Waals surface area contributed by atoms with Gasteiger partial charge in [-0.05, 0) is 134 Å². The number of sulfone groups is 1. The van der Waals surface area contributed by atoms with E-state index in [-0.39, 0.29) is 4.88 Å². The molecule has 8 aromatic rings. The van der Waals surface area contributed by atoms with Gasteiger partial charge in [0.05, 0.1) is 5.52 Å². The zero-order valence-electron chi connectivity index (χ0n) is 61.2. The minimum absolute atomic E-state index is 0.201. The molecule has 0 aliphatic rings. The molecule has 0 saturated heterocycles. The Morgan fingerprint density at radius 3 is 1.17 bits per heavy atom. The average molecular weight is 1450 g/mol. The first-order valence-corrected chi connectivity index (χ1v) is 44.2. The van der Waals surface area contributed by atoms with Crippen molar-refractivity contribution in [1.82, 2.24) is 4.57 Å². The van der Waals surface area contributed by atoms with Crippen molar-refractivity contribution in [3.05, 3.63) is 111 Å². The summed E-state index contributed by atoms with van der Waals surface area (Å²) >= 11 is 6.87. The van der Waals surface area contributed by atoms with Crippen LogP contribution >= 0.6 is 45.3 Å². The van der Waals surface area contributed by atoms with Crippen molar-refractivity contribution in [2.24, 2.45) is 0 Å². The summed E-state index contributed by atoms with van der Waals surface area (Å²) in [6.07, 6.45) is 53.9. The second-order valence-corrected chi connectivity index (χ2v) is 34.7. The van der Waals surface area contributed by atoms with E-state index in [1.54, 1.807) is 17.4 Å². The number of alkyl halides is 3. The number of unbranched alkanes of at least 4 members (excludes halogenated alkanes) is 36. The van der Waals surface area contributed by atoms with Gasteiger partial charge in [0.25, 0.3) is 9.84 Å². The van der Waals surface area contributed by atoms with E-state index in [9.17, 15) is 31.5 Å². The number of rotatable bonds is 52. The smallest absolute Gasteiger partial charge is 0.477 e. The number of thiophene rings is 4. The lowest BCUT2D eigenvalue weighted by Crippen LogP contribution is -2.28. The van der Waals surface area contributed by atoms with Gasteiger partial charge in [0.1, 0.15) is 0 Å². The topological polar surface area (TPSA) is 76.4 Å². The maximum Gasteiger partial charge on any atom is 0.502 e. The Morgan fingerprint density at radius 2 is 0.778 bits per heavy atom. The maximum absolute atomic E-state index is 14.1. The number of carboxylic acids is 1. The van der Waals surface area contributed by atoms with Crippen LogP contribution in [-0.2, 0) is 46.9 Å². The zero-order chi connectivity index (χ0) is 70.2. The van der Waals surface area contributed by atoms with Gasteiger partial charge in [0, 0.05) is 67.2 Å². The van der Waals surface area contributed by atoms with E-state index in [0.717, 1.165) is 98.6 Å². The van der Waals surface area contributed by atoms with Crippen LogP contribution in [0.3, 0.4) is 0 Å². The normalized spacial score (nSPS) is 12.5. The van der Waals surface area contributed by atoms with E-state index in [1.807, 2.05) is 22.7 Å². The highest BCUT2D eigenvalue weighted by molar-refractivity contribution is 7.97. The summed E-state index contributed by atoms with van der Waals surface area (Å²) in [5, 5.41) is 15.2. The van der Waals surface area contributed by atoms with Crippen molar-refractivity contribution < 1.29 is 31.5 Å². The van der Waals surface area contributed by atoms with Gasteiger partial charge < -0.3 is 9.67 Å². The Bertz CT molecular complexity index is 3830. The number of fused-ring (bicyclic) bond motifs is 5. The van der Waals surface area contributed by atoms with Crippen molar-refractivity contribution in [2.45, 2.75) is 329 Å². The van der Waals surface area contributed by atoms with Gasteiger partial charge in [-0.15, -0.1) is 45.3 Å². The quantitative estimate of drug-likeness (QED) is 0.0304. The summed E-state index contributed by atoms with van der Waals surface area (Å²) < 4.78 is 70.6. The second-order valence-electron chi connectivity index (χ2n) is 28.5. The Balaban J connectivity index is 1.20. The van der Waals surface area contributed by atoms with Crippen LogP contribution in [-0.4, -0.2) is 29.6 Å². The van der Waals surface area contributed by atoms with E-state index in [2.05, 4.69) is 112 Å². The molecule has 1 N–H and O–H groups in total. The number of aryl methyl sites for hydroxylation is 5. The molecule has 0 unspecified atom stereocenters. The summed E-state index contributed by atoms with van der Waals surface area (Å²) in [6.45, 7) is 12.2. The molecule has 0 aliphatic carbocycles. The van der Waals surface area contributed by atoms with Crippen molar-refractivity contribution in [3.8, 4) is 39.7 Å².